The Balaban J connectivity index is 2.43. The van der Waals surface area contributed by atoms with Crippen molar-refractivity contribution in [3.8, 4) is 11.5 Å². The van der Waals surface area contributed by atoms with Crippen LogP contribution in [0.15, 0.2) is 18.5 Å². The Morgan fingerprint density at radius 2 is 1.82 bits per heavy atom. The fourth-order valence-electron chi connectivity index (χ4n) is 1.93. The standard InChI is InChI=1S/C14H18ClN5O2/c1-20(2)14-12(16)13(17-7-18-14)19-9-5-8(15)10(21-3)6-11(9)22-4/h5-7H,16H2,1-4H3,(H,17,18,19). The van der Waals surface area contributed by atoms with Crippen molar-refractivity contribution in [3.05, 3.63) is 23.5 Å². The normalized spacial score (nSPS) is 10.2. The highest BCUT2D eigenvalue weighted by Gasteiger charge is 2.14. The minimum Gasteiger partial charge on any atom is -0.495 e. The summed E-state index contributed by atoms with van der Waals surface area (Å²) < 4.78 is 10.5. The van der Waals surface area contributed by atoms with E-state index < -0.39 is 0 Å². The summed E-state index contributed by atoms with van der Waals surface area (Å²) in [6, 6.07) is 3.38. The van der Waals surface area contributed by atoms with Crippen LogP contribution in [0.3, 0.4) is 0 Å². The molecular weight excluding hydrogens is 306 g/mol. The van der Waals surface area contributed by atoms with Gasteiger partial charge in [0, 0.05) is 20.2 Å². The Labute approximate surface area is 134 Å². The Morgan fingerprint density at radius 3 is 2.41 bits per heavy atom. The summed E-state index contributed by atoms with van der Waals surface area (Å²) in [6.07, 6.45) is 1.44. The van der Waals surface area contributed by atoms with Gasteiger partial charge in [-0.1, -0.05) is 11.6 Å². The van der Waals surface area contributed by atoms with E-state index in [2.05, 4.69) is 15.3 Å². The minimum atomic E-state index is 0.432. The predicted octanol–water partition coefficient (Wildman–Crippen LogP) is 2.54. The Morgan fingerprint density at radius 1 is 1.14 bits per heavy atom. The first-order valence-corrected chi connectivity index (χ1v) is 6.82. The van der Waals surface area contributed by atoms with E-state index in [1.807, 2.05) is 14.1 Å². The molecule has 1 aromatic heterocycles. The maximum Gasteiger partial charge on any atom is 0.159 e. The summed E-state index contributed by atoms with van der Waals surface area (Å²) in [5.74, 6) is 2.17. The number of nitrogens with one attached hydrogen (secondary N) is 1. The number of anilines is 4. The van der Waals surface area contributed by atoms with E-state index in [1.54, 1.807) is 31.3 Å². The van der Waals surface area contributed by atoms with Gasteiger partial charge in [-0.2, -0.15) is 0 Å². The summed E-state index contributed by atoms with van der Waals surface area (Å²) in [4.78, 5) is 10.1. The fourth-order valence-corrected chi connectivity index (χ4v) is 2.17. The first kappa shape index (κ1) is 16.0. The lowest BCUT2D eigenvalue weighted by Gasteiger charge is -2.17. The van der Waals surface area contributed by atoms with Gasteiger partial charge >= 0.3 is 0 Å². The molecule has 0 aliphatic rings. The van der Waals surface area contributed by atoms with Crippen LogP contribution in [0.25, 0.3) is 0 Å². The van der Waals surface area contributed by atoms with Gasteiger partial charge in [0.05, 0.1) is 24.9 Å². The molecule has 2 aromatic rings. The zero-order valence-corrected chi connectivity index (χ0v) is 13.6. The van der Waals surface area contributed by atoms with Gasteiger partial charge in [-0.15, -0.1) is 0 Å². The molecular formula is C14H18ClN5O2. The number of halogens is 1. The van der Waals surface area contributed by atoms with E-state index in [9.17, 15) is 0 Å². The Kier molecular flexibility index (Phi) is 4.77. The molecule has 0 spiro atoms. The minimum absolute atomic E-state index is 0.432. The lowest BCUT2D eigenvalue weighted by molar-refractivity contribution is 0.396. The molecule has 0 radical (unpaired) electrons. The van der Waals surface area contributed by atoms with Crippen molar-refractivity contribution < 1.29 is 9.47 Å². The second-order valence-corrected chi connectivity index (χ2v) is 5.07. The van der Waals surface area contributed by atoms with Crippen LogP contribution in [-0.2, 0) is 0 Å². The van der Waals surface area contributed by atoms with Gasteiger partial charge in [-0.05, 0) is 6.07 Å². The number of nitrogens with zero attached hydrogens (tertiary/aromatic N) is 3. The number of nitrogens with two attached hydrogens (primary N) is 1. The third kappa shape index (κ3) is 3.09. The van der Waals surface area contributed by atoms with Crippen LogP contribution in [0.1, 0.15) is 0 Å². The molecule has 0 atom stereocenters. The molecule has 1 aromatic carbocycles. The zero-order chi connectivity index (χ0) is 16.3. The van der Waals surface area contributed by atoms with E-state index >= 15 is 0 Å². The summed E-state index contributed by atoms with van der Waals surface area (Å²) in [5.41, 5.74) is 7.15. The van der Waals surface area contributed by atoms with Crippen molar-refractivity contribution in [2.75, 3.05) is 44.3 Å². The van der Waals surface area contributed by atoms with Crippen LogP contribution in [0.2, 0.25) is 5.02 Å². The molecule has 0 unspecified atom stereocenters. The quantitative estimate of drug-likeness (QED) is 0.874. The Bertz CT molecular complexity index is 679. The average Bonchev–Trinajstić information content (AvgIpc) is 2.49. The van der Waals surface area contributed by atoms with Crippen LogP contribution in [0.4, 0.5) is 23.0 Å². The molecule has 0 saturated carbocycles. The van der Waals surface area contributed by atoms with Crippen LogP contribution in [-0.4, -0.2) is 38.3 Å². The van der Waals surface area contributed by atoms with E-state index in [1.165, 1.54) is 6.33 Å². The molecule has 0 bridgehead atoms. The number of hydrogen-bond donors (Lipinski definition) is 2. The Hall–Kier alpha value is -2.41. The van der Waals surface area contributed by atoms with Crippen molar-refractivity contribution in [2.45, 2.75) is 0 Å². The average molecular weight is 324 g/mol. The summed E-state index contributed by atoms with van der Waals surface area (Å²) in [7, 11) is 6.81. The molecule has 0 fully saturated rings. The van der Waals surface area contributed by atoms with Gasteiger partial charge < -0.3 is 25.4 Å². The van der Waals surface area contributed by atoms with Crippen molar-refractivity contribution in [1.29, 1.82) is 0 Å². The van der Waals surface area contributed by atoms with Crippen LogP contribution in [0, 0.1) is 0 Å². The molecule has 118 valence electrons. The topological polar surface area (TPSA) is 85.5 Å². The highest BCUT2D eigenvalue weighted by atomic mass is 35.5. The van der Waals surface area contributed by atoms with Gasteiger partial charge in [-0.3, -0.25) is 0 Å². The second-order valence-electron chi connectivity index (χ2n) is 4.67. The lowest BCUT2D eigenvalue weighted by atomic mass is 10.2. The second kappa shape index (κ2) is 6.57. The molecule has 3 N–H and O–H groups in total. The highest BCUT2D eigenvalue weighted by Crippen LogP contribution is 2.38. The fraction of sp³-hybridized carbons (Fsp3) is 0.286. The highest BCUT2D eigenvalue weighted by molar-refractivity contribution is 6.32. The predicted molar refractivity (Wildman–Crippen MR) is 88.6 cm³/mol. The number of methoxy groups -OCH3 is 2. The summed E-state index contributed by atoms with van der Waals surface area (Å²) in [6.45, 7) is 0. The maximum atomic E-state index is 6.15. The lowest BCUT2D eigenvalue weighted by Crippen LogP contribution is -2.14. The maximum absolute atomic E-state index is 6.15. The molecule has 22 heavy (non-hydrogen) atoms. The molecule has 0 aliphatic carbocycles. The molecule has 0 saturated heterocycles. The van der Waals surface area contributed by atoms with Gasteiger partial charge in [0.1, 0.15) is 23.5 Å². The number of hydrogen-bond acceptors (Lipinski definition) is 7. The van der Waals surface area contributed by atoms with Gasteiger partial charge in [0.15, 0.2) is 11.6 Å². The number of benzene rings is 1. The third-order valence-corrected chi connectivity index (χ3v) is 3.31. The largest absolute Gasteiger partial charge is 0.495 e. The van der Waals surface area contributed by atoms with Gasteiger partial charge in [-0.25, -0.2) is 9.97 Å². The van der Waals surface area contributed by atoms with Crippen molar-refractivity contribution in [2.24, 2.45) is 0 Å². The molecule has 0 amide bonds. The summed E-state index contributed by atoms with van der Waals surface area (Å²) >= 11 is 6.15. The number of aromatic nitrogens is 2. The van der Waals surface area contributed by atoms with Crippen molar-refractivity contribution >= 4 is 34.6 Å². The van der Waals surface area contributed by atoms with E-state index in [4.69, 9.17) is 26.8 Å². The molecule has 1 heterocycles. The number of rotatable bonds is 5. The first-order valence-electron chi connectivity index (χ1n) is 6.44. The van der Waals surface area contributed by atoms with Crippen LogP contribution < -0.4 is 25.4 Å². The third-order valence-electron chi connectivity index (χ3n) is 3.01. The molecule has 7 nitrogen and oxygen atoms in total. The summed E-state index contributed by atoms with van der Waals surface area (Å²) in [5, 5.41) is 3.56. The van der Waals surface area contributed by atoms with E-state index in [0.717, 1.165) is 0 Å². The SMILES string of the molecule is COc1cc(OC)c(Nc2ncnc(N(C)C)c2N)cc1Cl. The van der Waals surface area contributed by atoms with Gasteiger partial charge in [0.2, 0.25) is 0 Å². The number of ether oxygens (including phenoxy) is 2. The first-order chi connectivity index (χ1) is 10.5. The molecule has 0 aliphatic heterocycles. The smallest absolute Gasteiger partial charge is 0.159 e. The van der Waals surface area contributed by atoms with E-state index in [0.29, 0.717) is 39.5 Å². The number of nitrogen functional groups attached to an aromatic ring is 1. The molecule has 2 rings (SSSR count). The van der Waals surface area contributed by atoms with Crippen LogP contribution >= 0.6 is 11.6 Å². The molecule has 8 heteroatoms. The van der Waals surface area contributed by atoms with Crippen molar-refractivity contribution in [1.82, 2.24) is 9.97 Å². The van der Waals surface area contributed by atoms with Crippen molar-refractivity contribution in [3.63, 3.8) is 0 Å². The van der Waals surface area contributed by atoms with Crippen LogP contribution in [0.5, 0.6) is 11.5 Å². The van der Waals surface area contributed by atoms with E-state index in [-0.39, 0.29) is 0 Å². The monoisotopic (exact) mass is 323 g/mol. The van der Waals surface area contributed by atoms with Gasteiger partial charge in [0.25, 0.3) is 0 Å². The zero-order valence-electron chi connectivity index (χ0n) is 12.8.